The Kier molecular flexibility index (Phi) is 9.21. The number of alkyl carbamates (subject to hydrolysis) is 1. The lowest BCUT2D eigenvalue weighted by Crippen LogP contribution is -2.51. The van der Waals surface area contributed by atoms with E-state index in [1.165, 1.54) is 13.2 Å². The predicted molar refractivity (Wildman–Crippen MR) is 226 cm³/mol. The van der Waals surface area contributed by atoms with Crippen LogP contribution in [0.25, 0.3) is 44.5 Å². The fourth-order valence-corrected chi connectivity index (χ4v) is 10.6. The van der Waals surface area contributed by atoms with Gasteiger partial charge in [-0.2, -0.15) is 8.78 Å². The van der Waals surface area contributed by atoms with E-state index in [2.05, 4.69) is 15.3 Å². The van der Waals surface area contributed by atoms with Crippen LogP contribution in [0.5, 0.6) is 0 Å². The number of likely N-dealkylation sites (tertiary alicyclic amines) is 2. The van der Waals surface area contributed by atoms with Crippen molar-refractivity contribution in [2.24, 2.45) is 28.9 Å². The Morgan fingerprint density at radius 3 is 2.26 bits per heavy atom. The first kappa shape index (κ1) is 39.5. The molecule has 3 aromatic carbocycles. The number of ether oxygens (including phenoxy) is 1. The summed E-state index contributed by atoms with van der Waals surface area (Å²) in [5.74, 6) is -1.99. The highest BCUT2D eigenvalue weighted by Crippen LogP contribution is 2.59. The molecule has 2 aliphatic heterocycles. The van der Waals surface area contributed by atoms with Gasteiger partial charge in [0.05, 0.1) is 48.2 Å². The van der Waals surface area contributed by atoms with Crippen molar-refractivity contribution in [3.8, 4) is 33.5 Å². The fourth-order valence-electron chi connectivity index (χ4n) is 10.6. The van der Waals surface area contributed by atoms with Crippen LogP contribution in [0.3, 0.4) is 0 Å². The van der Waals surface area contributed by atoms with Crippen molar-refractivity contribution in [2.45, 2.75) is 102 Å². The summed E-state index contributed by atoms with van der Waals surface area (Å²) < 4.78 is 38.0. The van der Waals surface area contributed by atoms with E-state index in [1.54, 1.807) is 24.4 Å². The Balaban J connectivity index is 0.904. The van der Waals surface area contributed by atoms with Crippen LogP contribution in [0.2, 0.25) is 0 Å². The molecule has 2 bridgehead atoms. The third kappa shape index (κ3) is 6.42. The number of amides is 3. The lowest BCUT2D eigenvalue weighted by atomic mass is 9.96. The highest BCUT2D eigenvalue weighted by atomic mass is 19.3. The van der Waals surface area contributed by atoms with E-state index in [1.807, 2.05) is 67.8 Å². The van der Waals surface area contributed by atoms with Gasteiger partial charge in [-0.15, -0.1) is 0 Å². The molecular formula is C47H52F2N8O4. The Bertz CT molecular complexity index is 2600. The summed E-state index contributed by atoms with van der Waals surface area (Å²) in [7, 11) is 1.27. The highest BCUT2D eigenvalue weighted by Gasteiger charge is 2.55. The molecule has 3 aliphatic carbocycles. The van der Waals surface area contributed by atoms with E-state index in [0.717, 1.165) is 60.9 Å². The summed E-state index contributed by atoms with van der Waals surface area (Å²) in [6.07, 6.45) is 6.69. The van der Waals surface area contributed by atoms with E-state index in [-0.39, 0.29) is 58.3 Å². The number of rotatable bonds is 9. The molecule has 2 saturated carbocycles. The van der Waals surface area contributed by atoms with Crippen LogP contribution < -0.4 is 11.1 Å². The van der Waals surface area contributed by atoms with Gasteiger partial charge in [0.15, 0.2) is 0 Å². The topological polar surface area (TPSA) is 162 Å². The Morgan fingerprint density at radius 2 is 1.57 bits per heavy atom. The summed E-state index contributed by atoms with van der Waals surface area (Å²) in [6.45, 7) is 8.25. The Morgan fingerprint density at radius 1 is 0.885 bits per heavy atom. The Hall–Kier alpha value is -5.63. The fraction of sp³-hybridized carbons (Fsp3) is 0.468. The number of fused-ring (bicyclic) bond motifs is 6. The minimum Gasteiger partial charge on any atom is -0.453 e. The number of hydrogen-bond acceptors (Lipinski definition) is 7. The van der Waals surface area contributed by atoms with Crippen molar-refractivity contribution >= 4 is 28.9 Å². The van der Waals surface area contributed by atoms with Crippen molar-refractivity contribution in [3.05, 3.63) is 83.6 Å². The van der Waals surface area contributed by atoms with Crippen LogP contribution in [-0.2, 0) is 20.2 Å². The number of aromatic nitrogens is 4. The molecule has 5 aromatic rings. The van der Waals surface area contributed by atoms with E-state index in [9.17, 15) is 14.4 Å². The first-order valence-electron chi connectivity index (χ1n) is 21.6. The second-order valence-corrected chi connectivity index (χ2v) is 18.9. The summed E-state index contributed by atoms with van der Waals surface area (Å²) >= 11 is 0. The first-order chi connectivity index (χ1) is 29.2. The van der Waals surface area contributed by atoms with Gasteiger partial charge in [-0.3, -0.25) is 9.59 Å². The molecule has 4 fully saturated rings. The second-order valence-electron chi connectivity index (χ2n) is 18.9. The number of hydrogen-bond donors (Lipinski definition) is 4. The minimum atomic E-state index is -3.26. The average Bonchev–Trinajstić information content (AvgIpc) is 3.90. The molecule has 2 saturated heterocycles. The minimum absolute atomic E-state index is 0.0220. The number of benzene rings is 3. The number of nitrogens with two attached hydrogens (primary N) is 1. The van der Waals surface area contributed by atoms with Gasteiger partial charge >= 0.3 is 6.09 Å². The number of nitrogens with zero attached hydrogens (tertiary/aromatic N) is 4. The molecule has 3 amide bonds. The number of aromatic amines is 2. The molecule has 6 unspecified atom stereocenters. The average molecular weight is 831 g/mol. The molecule has 6 atom stereocenters. The molecule has 14 heteroatoms. The SMILES string of the molecule is COC(=O)NC(C(=O)N1CC2(CC2)CC1c1ncc(-c2ccc3c(c2)C(F)(F)c2cc(-c4ccc5nc(C6C7CCC(C7)N6C(=O)C(N)C(C)C)[nH]c5c4)ccc2-3)[nH]1)C(C)C. The van der Waals surface area contributed by atoms with Gasteiger partial charge in [0, 0.05) is 29.3 Å². The zero-order valence-electron chi connectivity index (χ0n) is 35.1. The van der Waals surface area contributed by atoms with Crippen molar-refractivity contribution in [3.63, 3.8) is 0 Å². The van der Waals surface area contributed by atoms with Gasteiger partial charge < -0.3 is 35.6 Å². The van der Waals surface area contributed by atoms with Gasteiger partial charge in [-0.1, -0.05) is 58.0 Å². The number of piperidine rings is 1. The second kappa shape index (κ2) is 14.2. The first-order valence-corrected chi connectivity index (χ1v) is 21.6. The lowest BCUT2D eigenvalue weighted by Gasteiger charge is -2.36. The van der Waals surface area contributed by atoms with Crippen LogP contribution in [-0.4, -0.2) is 79.4 Å². The quantitative estimate of drug-likeness (QED) is 0.116. The van der Waals surface area contributed by atoms with Crippen LogP contribution >= 0.6 is 0 Å². The number of methoxy groups -OCH3 is 1. The maximum atomic E-state index is 16.6. The van der Waals surface area contributed by atoms with Crippen LogP contribution in [0, 0.1) is 23.2 Å². The molecule has 1 spiro atoms. The highest BCUT2D eigenvalue weighted by molar-refractivity contribution is 5.88. The zero-order valence-corrected chi connectivity index (χ0v) is 35.1. The van der Waals surface area contributed by atoms with Crippen molar-refractivity contribution < 1.29 is 27.9 Å². The number of alkyl halides is 2. The van der Waals surface area contributed by atoms with Gasteiger partial charge in [0.25, 0.3) is 5.92 Å². The van der Waals surface area contributed by atoms with Gasteiger partial charge in [-0.05, 0) is 108 Å². The summed E-state index contributed by atoms with van der Waals surface area (Å²) in [5.41, 5.74) is 11.3. The van der Waals surface area contributed by atoms with Crippen molar-refractivity contribution in [1.29, 1.82) is 0 Å². The molecular weight excluding hydrogens is 779 g/mol. The van der Waals surface area contributed by atoms with E-state index in [4.69, 9.17) is 20.4 Å². The van der Waals surface area contributed by atoms with Crippen molar-refractivity contribution in [2.75, 3.05) is 13.7 Å². The molecule has 0 radical (unpaired) electrons. The molecule has 5 N–H and O–H groups in total. The normalized spacial score (nSPS) is 23.8. The maximum absolute atomic E-state index is 16.6. The van der Waals surface area contributed by atoms with E-state index < -0.39 is 24.1 Å². The third-order valence-corrected chi connectivity index (χ3v) is 14.3. The third-order valence-electron chi connectivity index (χ3n) is 14.3. The van der Waals surface area contributed by atoms with E-state index >= 15 is 8.78 Å². The Labute approximate surface area is 353 Å². The summed E-state index contributed by atoms with van der Waals surface area (Å²) in [5, 5.41) is 2.70. The molecule has 4 heterocycles. The smallest absolute Gasteiger partial charge is 0.407 e. The van der Waals surface area contributed by atoms with Crippen molar-refractivity contribution in [1.82, 2.24) is 35.1 Å². The van der Waals surface area contributed by atoms with Crippen LogP contribution in [0.15, 0.2) is 60.8 Å². The summed E-state index contributed by atoms with van der Waals surface area (Å²) in [6, 6.07) is 14.4. The number of nitrogens with one attached hydrogen (secondary N) is 3. The van der Waals surface area contributed by atoms with Gasteiger partial charge in [0.2, 0.25) is 11.8 Å². The number of carbonyl (C=O) groups excluding carboxylic acids is 3. The van der Waals surface area contributed by atoms with Gasteiger partial charge in [-0.25, -0.2) is 14.8 Å². The molecule has 10 rings (SSSR count). The molecule has 12 nitrogen and oxygen atoms in total. The zero-order chi connectivity index (χ0) is 42.7. The van der Waals surface area contributed by atoms with Crippen LogP contribution in [0.4, 0.5) is 13.6 Å². The number of H-pyrrole nitrogens is 2. The number of halogens is 2. The predicted octanol–water partition coefficient (Wildman–Crippen LogP) is 8.21. The monoisotopic (exact) mass is 830 g/mol. The van der Waals surface area contributed by atoms with Crippen LogP contribution in [0.1, 0.15) is 101 Å². The molecule has 61 heavy (non-hydrogen) atoms. The number of carbonyl (C=O) groups is 3. The lowest BCUT2D eigenvalue weighted by molar-refractivity contribution is -0.138. The molecule has 5 aliphatic rings. The maximum Gasteiger partial charge on any atom is 0.407 e. The van der Waals surface area contributed by atoms with Gasteiger partial charge in [0.1, 0.15) is 17.7 Å². The molecule has 2 aromatic heterocycles. The largest absolute Gasteiger partial charge is 0.453 e. The van der Waals surface area contributed by atoms with E-state index in [0.29, 0.717) is 46.2 Å². The number of imidazole rings is 2. The molecule has 318 valence electrons. The summed E-state index contributed by atoms with van der Waals surface area (Å²) in [4.78, 5) is 60.0. The standard InChI is InChI=1S/C47H52F2N8O4/c1-23(2)38(50)43(58)57-29-10-6-28(16-29)40(57)42-52-34-13-9-26(19-35(34)53-42)25-7-11-30-31-12-8-27(18-33(31)47(48,49)32(30)17-25)36-21-51-41(54-36)37-20-46(14-15-46)22-56(37)44(59)39(24(3)4)55-45(60)61-5/h7-9,11-13,17-19,21,23-24,28-29,37-40H,6,10,14-16,20,22,50H2,1-5H3,(H,51,54)(H,52,53)(H,55,60).